The third-order valence-corrected chi connectivity index (χ3v) is 2.18. The molecule has 0 amide bonds. The minimum atomic E-state index is -0.284. The van der Waals surface area contributed by atoms with Crippen LogP contribution in [0.3, 0.4) is 0 Å². The highest BCUT2D eigenvalue weighted by molar-refractivity contribution is 5.83. The van der Waals surface area contributed by atoms with Gasteiger partial charge in [0.1, 0.15) is 0 Å². The molecule has 0 bridgehead atoms. The van der Waals surface area contributed by atoms with Gasteiger partial charge in [-0.1, -0.05) is 26.0 Å². The highest BCUT2D eigenvalue weighted by Gasteiger charge is 2.13. The van der Waals surface area contributed by atoms with Crippen molar-refractivity contribution in [2.24, 2.45) is 16.5 Å². The van der Waals surface area contributed by atoms with Crippen molar-refractivity contribution in [2.75, 3.05) is 7.05 Å². The molecule has 0 radical (unpaired) electrons. The molecule has 5 heteroatoms. The molecule has 1 rings (SSSR count). The Bertz CT molecular complexity index is 394. The van der Waals surface area contributed by atoms with Gasteiger partial charge in [0.25, 0.3) is 0 Å². The zero-order chi connectivity index (χ0) is 14.1. The van der Waals surface area contributed by atoms with Gasteiger partial charge in [0.15, 0.2) is 11.7 Å². The Hall–Kier alpha value is -1.88. The summed E-state index contributed by atoms with van der Waals surface area (Å²) in [6, 6.07) is 6.90. The number of benzene rings is 1. The SMILES string of the molecule is CC.CNC(C(C)=O)c1ccc(N=C(N)N)cc1. The highest BCUT2D eigenvalue weighted by atomic mass is 16.1. The summed E-state index contributed by atoms with van der Waals surface area (Å²) in [4.78, 5) is 15.2. The predicted octanol–water partition coefficient (Wildman–Crippen LogP) is 1.47. The van der Waals surface area contributed by atoms with Crippen LogP contribution in [0.4, 0.5) is 5.69 Å². The molecule has 1 unspecified atom stereocenters. The molecule has 0 spiro atoms. The number of ketones is 1. The Morgan fingerprint density at radius 2 is 1.72 bits per heavy atom. The number of carbonyl (C=O) groups is 1. The largest absolute Gasteiger partial charge is 0.370 e. The highest BCUT2D eigenvalue weighted by Crippen LogP contribution is 2.18. The van der Waals surface area contributed by atoms with E-state index in [1.807, 2.05) is 26.0 Å². The average Bonchev–Trinajstić information content (AvgIpc) is 2.33. The second-order valence-electron chi connectivity index (χ2n) is 3.46. The molecule has 0 fully saturated rings. The van der Waals surface area contributed by atoms with Gasteiger partial charge in [-0.05, 0) is 31.7 Å². The summed E-state index contributed by atoms with van der Waals surface area (Å²) in [6.07, 6.45) is 0. The Kier molecular flexibility index (Phi) is 7.38. The summed E-state index contributed by atoms with van der Waals surface area (Å²) < 4.78 is 0. The fraction of sp³-hybridized carbons (Fsp3) is 0.385. The summed E-state index contributed by atoms with van der Waals surface area (Å²) >= 11 is 0. The van der Waals surface area contributed by atoms with Crippen LogP contribution in [-0.2, 0) is 4.79 Å². The molecule has 1 aromatic rings. The lowest BCUT2D eigenvalue weighted by atomic mass is 10.0. The predicted molar refractivity (Wildman–Crippen MR) is 75.7 cm³/mol. The minimum Gasteiger partial charge on any atom is -0.370 e. The fourth-order valence-electron chi connectivity index (χ4n) is 1.50. The number of hydrogen-bond donors (Lipinski definition) is 3. The maximum atomic E-state index is 11.3. The lowest BCUT2D eigenvalue weighted by Crippen LogP contribution is -2.23. The molecule has 0 heterocycles. The Labute approximate surface area is 108 Å². The van der Waals surface area contributed by atoms with Gasteiger partial charge in [0.05, 0.1) is 11.7 Å². The van der Waals surface area contributed by atoms with Crippen molar-refractivity contribution < 1.29 is 4.79 Å². The van der Waals surface area contributed by atoms with Crippen molar-refractivity contribution in [3.05, 3.63) is 29.8 Å². The van der Waals surface area contributed by atoms with Gasteiger partial charge in [-0.2, -0.15) is 0 Å². The molecule has 0 aliphatic rings. The van der Waals surface area contributed by atoms with E-state index in [0.29, 0.717) is 5.69 Å². The first-order valence-corrected chi connectivity index (χ1v) is 5.92. The van der Waals surface area contributed by atoms with Gasteiger partial charge >= 0.3 is 0 Å². The number of carbonyl (C=O) groups excluding carboxylic acids is 1. The van der Waals surface area contributed by atoms with Crippen LogP contribution in [-0.4, -0.2) is 18.8 Å². The molecular formula is C13H22N4O. The third kappa shape index (κ3) is 4.97. The number of nitrogens with zero attached hydrogens (tertiary/aromatic N) is 1. The number of hydrogen-bond acceptors (Lipinski definition) is 3. The summed E-state index contributed by atoms with van der Waals surface area (Å²) in [7, 11) is 1.75. The van der Waals surface area contributed by atoms with Crippen LogP contribution in [0.2, 0.25) is 0 Å². The first kappa shape index (κ1) is 16.1. The number of aliphatic imine (C=N–C) groups is 1. The van der Waals surface area contributed by atoms with E-state index < -0.39 is 0 Å². The van der Waals surface area contributed by atoms with Crippen LogP contribution in [0.1, 0.15) is 32.4 Å². The van der Waals surface area contributed by atoms with Crippen LogP contribution in [0, 0.1) is 0 Å². The standard InChI is InChI=1S/C11H16N4O.C2H6/c1-7(16)10(14-2)8-3-5-9(6-4-8)15-11(12)13;1-2/h3-6,10,14H,1-2H3,(H4,12,13,15);1-2H3. The summed E-state index contributed by atoms with van der Waals surface area (Å²) in [5.74, 6) is 0.0848. The average molecular weight is 250 g/mol. The molecule has 18 heavy (non-hydrogen) atoms. The molecule has 0 aliphatic heterocycles. The van der Waals surface area contributed by atoms with Gasteiger partial charge in [-0.3, -0.25) is 4.79 Å². The van der Waals surface area contributed by atoms with E-state index in [0.717, 1.165) is 5.56 Å². The van der Waals surface area contributed by atoms with Crippen LogP contribution in [0.5, 0.6) is 0 Å². The zero-order valence-corrected chi connectivity index (χ0v) is 11.4. The van der Waals surface area contributed by atoms with Crippen LogP contribution in [0.15, 0.2) is 29.3 Å². The van der Waals surface area contributed by atoms with E-state index in [2.05, 4.69) is 10.3 Å². The lowest BCUT2D eigenvalue weighted by molar-refractivity contribution is -0.119. The Morgan fingerprint density at radius 1 is 1.22 bits per heavy atom. The Balaban J connectivity index is 0.00000137. The number of rotatable bonds is 4. The van der Waals surface area contributed by atoms with Crippen molar-refractivity contribution in [3.8, 4) is 0 Å². The van der Waals surface area contributed by atoms with Crippen LogP contribution >= 0.6 is 0 Å². The normalized spacial score (nSPS) is 10.9. The number of guanidine groups is 1. The topological polar surface area (TPSA) is 93.5 Å². The van der Waals surface area contributed by atoms with E-state index >= 15 is 0 Å². The quantitative estimate of drug-likeness (QED) is 0.557. The van der Waals surface area contributed by atoms with E-state index in [-0.39, 0.29) is 17.8 Å². The van der Waals surface area contributed by atoms with Gasteiger partial charge in [-0.15, -0.1) is 0 Å². The molecule has 100 valence electrons. The van der Waals surface area contributed by atoms with Crippen molar-refractivity contribution >= 4 is 17.4 Å². The zero-order valence-electron chi connectivity index (χ0n) is 11.4. The second-order valence-corrected chi connectivity index (χ2v) is 3.46. The Morgan fingerprint density at radius 3 is 2.06 bits per heavy atom. The van der Waals surface area contributed by atoms with Crippen molar-refractivity contribution in [3.63, 3.8) is 0 Å². The number of likely N-dealkylation sites (N-methyl/N-ethyl adjacent to an activating group) is 1. The number of nitrogens with two attached hydrogens (primary N) is 2. The van der Waals surface area contributed by atoms with E-state index in [1.165, 1.54) is 0 Å². The van der Waals surface area contributed by atoms with Crippen molar-refractivity contribution in [1.82, 2.24) is 5.32 Å². The third-order valence-electron chi connectivity index (χ3n) is 2.18. The molecule has 0 aliphatic carbocycles. The monoisotopic (exact) mass is 250 g/mol. The molecule has 0 aromatic heterocycles. The second kappa shape index (κ2) is 8.25. The van der Waals surface area contributed by atoms with E-state index in [9.17, 15) is 4.79 Å². The first-order valence-electron chi connectivity index (χ1n) is 5.92. The van der Waals surface area contributed by atoms with Crippen LogP contribution in [0.25, 0.3) is 0 Å². The maximum Gasteiger partial charge on any atom is 0.191 e. The van der Waals surface area contributed by atoms with Gasteiger partial charge in [-0.25, -0.2) is 4.99 Å². The molecule has 5 N–H and O–H groups in total. The lowest BCUT2D eigenvalue weighted by Gasteiger charge is -2.12. The fourth-order valence-corrected chi connectivity index (χ4v) is 1.50. The number of Topliss-reactive ketones (excluding diaryl/α,β-unsaturated/α-hetero) is 1. The molecule has 5 nitrogen and oxygen atoms in total. The van der Waals surface area contributed by atoms with Gasteiger partial charge in [0.2, 0.25) is 0 Å². The summed E-state index contributed by atoms with van der Waals surface area (Å²) in [6.45, 7) is 5.55. The van der Waals surface area contributed by atoms with Gasteiger partial charge in [0, 0.05) is 0 Å². The first-order chi connectivity index (χ1) is 8.54. The van der Waals surface area contributed by atoms with E-state index in [1.54, 1.807) is 26.1 Å². The maximum absolute atomic E-state index is 11.3. The molecule has 0 saturated carbocycles. The van der Waals surface area contributed by atoms with Crippen molar-refractivity contribution in [2.45, 2.75) is 26.8 Å². The van der Waals surface area contributed by atoms with Crippen LogP contribution < -0.4 is 16.8 Å². The van der Waals surface area contributed by atoms with Gasteiger partial charge < -0.3 is 16.8 Å². The summed E-state index contributed by atoms with van der Waals surface area (Å²) in [5, 5.41) is 2.94. The molecule has 1 aromatic carbocycles. The molecular weight excluding hydrogens is 228 g/mol. The van der Waals surface area contributed by atoms with Crippen molar-refractivity contribution in [1.29, 1.82) is 0 Å². The molecule has 1 atom stereocenters. The smallest absolute Gasteiger partial charge is 0.191 e. The minimum absolute atomic E-state index is 0.0180. The molecule has 0 saturated heterocycles. The number of nitrogens with one attached hydrogen (secondary N) is 1. The summed E-state index contributed by atoms with van der Waals surface area (Å²) in [5.41, 5.74) is 12.1. The van der Waals surface area contributed by atoms with E-state index in [4.69, 9.17) is 11.5 Å².